The lowest BCUT2D eigenvalue weighted by molar-refractivity contribution is -0.135. The number of carbonyl (C=O) groups excluding carboxylic acids is 1. The van der Waals surface area contributed by atoms with Crippen molar-refractivity contribution in [2.45, 2.75) is 36.9 Å². The number of carboxylic acid groups (broad SMARTS) is 1. The number of anilines is 1. The van der Waals surface area contributed by atoms with E-state index >= 15 is 0 Å². The van der Waals surface area contributed by atoms with Gasteiger partial charge in [-0.05, 0) is 49.8 Å². The number of aryl methyl sites for hydroxylation is 1. The van der Waals surface area contributed by atoms with Gasteiger partial charge in [-0.25, -0.2) is 8.78 Å². The Labute approximate surface area is 189 Å². The molecule has 0 amide bonds. The van der Waals surface area contributed by atoms with Crippen LogP contribution in [0.15, 0.2) is 45.6 Å². The summed E-state index contributed by atoms with van der Waals surface area (Å²) in [4.78, 5) is 30.7. The number of aliphatic imine (C=N–C) groups is 1. The van der Waals surface area contributed by atoms with Crippen molar-refractivity contribution in [2.75, 3.05) is 32.0 Å². The number of alkyl halides is 2. The molecule has 7 nitrogen and oxygen atoms in total. The molecule has 0 bridgehead atoms. The molecule has 0 unspecified atom stereocenters. The summed E-state index contributed by atoms with van der Waals surface area (Å²) in [5.41, 5.74) is 2.53. The van der Waals surface area contributed by atoms with E-state index < -0.39 is 25.5 Å². The molecule has 1 aromatic carbocycles. The quantitative estimate of drug-likeness (QED) is 0.434. The number of nitrogens with one attached hydrogen (secondary N) is 1. The number of fused-ring (bicyclic) bond motifs is 1. The number of aliphatic hydroxyl groups is 1. The van der Waals surface area contributed by atoms with Crippen LogP contribution in [-0.2, 0) is 4.79 Å². The van der Waals surface area contributed by atoms with Crippen molar-refractivity contribution >= 4 is 35.4 Å². The fraction of sp³-hybridized carbons (Fsp3) is 0.409. The van der Waals surface area contributed by atoms with Gasteiger partial charge in [0.1, 0.15) is 18.5 Å². The highest BCUT2D eigenvalue weighted by atomic mass is 32.2. The van der Waals surface area contributed by atoms with Gasteiger partial charge < -0.3 is 20.4 Å². The maximum absolute atomic E-state index is 13.4. The number of aliphatic hydroxyl groups excluding tert-OH is 1. The number of hydrogen-bond donors (Lipinski definition) is 3. The molecule has 1 aliphatic heterocycles. The van der Waals surface area contributed by atoms with Crippen molar-refractivity contribution < 1.29 is 28.6 Å². The molecule has 3 N–H and O–H groups in total. The lowest BCUT2D eigenvalue weighted by atomic mass is 9.89. The highest BCUT2D eigenvalue weighted by Gasteiger charge is 2.33. The molecule has 0 atom stereocenters. The second kappa shape index (κ2) is 11.8. The van der Waals surface area contributed by atoms with E-state index in [1.807, 2.05) is 31.2 Å². The van der Waals surface area contributed by atoms with Crippen LogP contribution in [0.4, 0.5) is 14.5 Å². The largest absolute Gasteiger partial charge is 0.480 e. The van der Waals surface area contributed by atoms with Gasteiger partial charge in [-0.3, -0.25) is 14.6 Å². The molecule has 1 heterocycles. The molecule has 3 rings (SSSR count). The number of aliphatic carboxylic acids is 1. The number of allylic oxidation sites excluding steroid dienone is 3. The van der Waals surface area contributed by atoms with E-state index in [4.69, 9.17) is 10.2 Å². The number of benzene rings is 1. The Morgan fingerprint density at radius 2 is 2.03 bits per heavy atom. The Bertz CT molecular complexity index is 943. The van der Waals surface area contributed by atoms with Crippen molar-refractivity contribution in [3.8, 4) is 0 Å². The highest BCUT2D eigenvalue weighted by molar-refractivity contribution is 7.98. The molecule has 1 aliphatic carbocycles. The number of ketones is 1. The first-order valence-electron chi connectivity index (χ1n) is 9.90. The number of Topliss-reactive ketones (excluding diaryl/α,β-unsaturated/α-hetero) is 1. The molecule has 10 heteroatoms. The van der Waals surface area contributed by atoms with Gasteiger partial charge in [-0.1, -0.05) is 6.07 Å². The average Bonchev–Trinajstić information content (AvgIpc) is 2.71. The van der Waals surface area contributed by atoms with Crippen molar-refractivity contribution in [2.24, 2.45) is 4.99 Å². The van der Waals surface area contributed by atoms with Gasteiger partial charge >= 0.3 is 5.97 Å². The molecule has 0 aromatic heterocycles. The van der Waals surface area contributed by atoms with Gasteiger partial charge in [-0.15, -0.1) is 11.8 Å². The minimum Gasteiger partial charge on any atom is -0.480 e. The van der Waals surface area contributed by atoms with E-state index in [1.54, 1.807) is 30.0 Å². The van der Waals surface area contributed by atoms with Gasteiger partial charge in [0, 0.05) is 35.3 Å². The first-order chi connectivity index (χ1) is 15.2. The normalized spacial score (nSPS) is 23.1. The molecule has 1 fully saturated rings. The summed E-state index contributed by atoms with van der Waals surface area (Å²) in [5, 5.41) is 19.1. The third kappa shape index (κ3) is 6.17. The maximum atomic E-state index is 13.4. The van der Waals surface area contributed by atoms with Gasteiger partial charge in [0.15, 0.2) is 12.6 Å². The van der Waals surface area contributed by atoms with E-state index in [-0.39, 0.29) is 11.8 Å². The summed E-state index contributed by atoms with van der Waals surface area (Å²) < 4.78 is 23.2. The van der Waals surface area contributed by atoms with E-state index in [0.717, 1.165) is 16.3 Å². The minimum absolute atomic E-state index is 0.0856. The number of thioether (sulfide) groups is 1. The molecule has 0 saturated heterocycles. The van der Waals surface area contributed by atoms with E-state index in [2.05, 4.69) is 10.3 Å². The smallest absolute Gasteiger partial charge is 0.325 e. The first kappa shape index (κ1) is 25.5. The molecule has 32 heavy (non-hydrogen) atoms. The summed E-state index contributed by atoms with van der Waals surface area (Å²) in [6, 6.07) is 3.75. The summed E-state index contributed by atoms with van der Waals surface area (Å²) in [6.07, 6.45) is 6.82. The van der Waals surface area contributed by atoms with Gasteiger partial charge in [-0.2, -0.15) is 0 Å². The van der Waals surface area contributed by atoms with Crippen LogP contribution >= 0.6 is 11.8 Å². The number of carbonyl (C=O) groups is 2. The fourth-order valence-corrected chi connectivity index (χ4v) is 4.15. The second-order valence-corrected chi connectivity index (χ2v) is 8.10. The van der Waals surface area contributed by atoms with Gasteiger partial charge in [0.05, 0.1) is 5.69 Å². The molecular formula is C22H27F2N3O4S. The predicted molar refractivity (Wildman–Crippen MR) is 122 cm³/mol. The van der Waals surface area contributed by atoms with Crippen LogP contribution in [0.5, 0.6) is 0 Å². The van der Waals surface area contributed by atoms with Crippen LogP contribution in [0.25, 0.3) is 0 Å². The van der Waals surface area contributed by atoms with E-state index in [0.29, 0.717) is 29.7 Å². The standard InChI is InChI=1S/C21H24FN3O3S.CH3FO/c1-12-4-6-16-19(21(12)29-3)24-17(25(2)15-8-14(22)9-15)7-5-13(20(16)28)10-23-11-18(26)27;2-1-3/h4-7,10,14-15,24H,8-9,11H2,1-3H3,(H,26,27);3H,1H2/b13-5+,17-7+,23-10?;. The predicted octanol–water partition coefficient (Wildman–Crippen LogP) is 3.59. The number of carboxylic acids is 1. The van der Waals surface area contributed by atoms with Crippen LogP contribution in [0, 0.1) is 6.92 Å². The number of nitrogens with zero attached hydrogens (tertiary/aromatic N) is 2. The van der Waals surface area contributed by atoms with E-state index in [9.17, 15) is 18.4 Å². The van der Waals surface area contributed by atoms with Crippen LogP contribution in [0.2, 0.25) is 0 Å². The zero-order valence-corrected chi connectivity index (χ0v) is 19.0. The molecule has 2 aliphatic rings. The summed E-state index contributed by atoms with van der Waals surface area (Å²) in [5.74, 6) is -0.549. The molecule has 1 aromatic rings. The maximum Gasteiger partial charge on any atom is 0.325 e. The Balaban J connectivity index is 0.00000114. The third-order valence-electron chi connectivity index (χ3n) is 5.18. The molecule has 0 spiro atoms. The number of hydrogen-bond acceptors (Lipinski definition) is 7. The summed E-state index contributed by atoms with van der Waals surface area (Å²) in [6.45, 7) is 0.324. The van der Waals surface area contributed by atoms with E-state index in [1.165, 1.54) is 6.21 Å². The third-order valence-corrected chi connectivity index (χ3v) is 6.11. The second-order valence-electron chi connectivity index (χ2n) is 7.28. The zero-order chi connectivity index (χ0) is 23.8. The average molecular weight is 468 g/mol. The van der Waals surface area contributed by atoms with Gasteiger partial charge in [0.2, 0.25) is 0 Å². The van der Waals surface area contributed by atoms with Crippen molar-refractivity contribution in [3.63, 3.8) is 0 Å². The van der Waals surface area contributed by atoms with Crippen molar-refractivity contribution in [1.82, 2.24) is 4.90 Å². The monoisotopic (exact) mass is 467 g/mol. The number of rotatable bonds is 6. The van der Waals surface area contributed by atoms with Crippen LogP contribution in [0.1, 0.15) is 28.8 Å². The zero-order valence-electron chi connectivity index (χ0n) is 18.1. The SMILES string of the molecule is CSc1c(C)ccc2c1N/C(N(C)C1CC(F)C1)=C\C=C(/C=NCC(=O)O)C2=O.OCF. The van der Waals surface area contributed by atoms with Crippen molar-refractivity contribution in [1.29, 1.82) is 0 Å². The number of halogens is 2. The van der Waals surface area contributed by atoms with Crippen molar-refractivity contribution in [3.05, 3.63) is 46.8 Å². The Hall–Kier alpha value is -2.72. The minimum atomic E-state index is -1.25. The lowest BCUT2D eigenvalue weighted by Crippen LogP contribution is -2.44. The van der Waals surface area contributed by atoms with Crippen LogP contribution < -0.4 is 5.32 Å². The first-order valence-corrected chi connectivity index (χ1v) is 11.1. The topological polar surface area (TPSA) is 102 Å². The lowest BCUT2D eigenvalue weighted by Gasteiger charge is -2.40. The Kier molecular flexibility index (Phi) is 9.40. The summed E-state index contributed by atoms with van der Waals surface area (Å²) >= 11 is 1.54. The Morgan fingerprint density at radius 1 is 1.38 bits per heavy atom. The Morgan fingerprint density at radius 3 is 2.59 bits per heavy atom. The fourth-order valence-electron chi connectivity index (χ4n) is 3.40. The van der Waals surface area contributed by atoms with Gasteiger partial charge in [0.25, 0.3) is 0 Å². The molecular weight excluding hydrogens is 440 g/mol. The molecule has 1 saturated carbocycles. The molecule has 174 valence electrons. The summed E-state index contributed by atoms with van der Waals surface area (Å²) in [7, 11) is 1.90. The highest BCUT2D eigenvalue weighted by Crippen LogP contribution is 2.37. The molecule has 0 radical (unpaired) electrons. The van der Waals surface area contributed by atoms with Crippen LogP contribution in [-0.4, -0.2) is 72.0 Å². The van der Waals surface area contributed by atoms with Crippen LogP contribution in [0.3, 0.4) is 0 Å².